The van der Waals surface area contributed by atoms with Crippen LogP contribution in [0.5, 0.6) is 0 Å². The zero-order valence-electron chi connectivity index (χ0n) is 16.0. The summed E-state index contributed by atoms with van der Waals surface area (Å²) in [7, 11) is 0. The molecular weight excluding hydrogens is 340 g/mol. The molecule has 138 valence electrons. The summed E-state index contributed by atoms with van der Waals surface area (Å²) in [5.74, 6) is 0.388. The van der Waals surface area contributed by atoms with Crippen molar-refractivity contribution in [2.75, 3.05) is 10.6 Å². The van der Waals surface area contributed by atoms with Crippen molar-refractivity contribution in [2.24, 2.45) is 0 Å². The Morgan fingerprint density at radius 2 is 0.786 bits per heavy atom. The van der Waals surface area contributed by atoms with Crippen LogP contribution in [0.3, 0.4) is 0 Å². The molecule has 28 heavy (non-hydrogen) atoms. The van der Waals surface area contributed by atoms with Crippen molar-refractivity contribution in [3.63, 3.8) is 0 Å². The number of rotatable bonds is 6. The van der Waals surface area contributed by atoms with Crippen LogP contribution < -0.4 is 10.6 Å². The van der Waals surface area contributed by atoms with Crippen LogP contribution in [-0.2, 0) is 0 Å². The summed E-state index contributed by atoms with van der Waals surface area (Å²) in [6, 6.07) is 37.8. The predicted octanol–water partition coefficient (Wildman–Crippen LogP) is 7.33. The normalized spacial score (nSPS) is 11.6. The van der Waals surface area contributed by atoms with Gasteiger partial charge in [0.05, 0.1) is 0 Å². The number of para-hydroxylation sites is 1. The topological polar surface area (TPSA) is 24.1 Å². The van der Waals surface area contributed by atoms with Crippen molar-refractivity contribution in [3.8, 4) is 0 Å². The molecule has 0 fully saturated rings. The predicted molar refractivity (Wildman–Crippen MR) is 120 cm³/mol. The van der Waals surface area contributed by atoms with E-state index in [1.807, 2.05) is 18.2 Å². The van der Waals surface area contributed by atoms with E-state index in [1.165, 1.54) is 11.1 Å². The largest absolute Gasteiger partial charge is 0.356 e. The third kappa shape index (κ3) is 4.41. The fraction of sp³-hybridized carbons (Fsp3) is 0.0769. The summed E-state index contributed by atoms with van der Waals surface area (Å²) < 4.78 is 0. The highest BCUT2D eigenvalue weighted by atomic mass is 14.9. The van der Waals surface area contributed by atoms with E-state index in [4.69, 9.17) is 0 Å². The second-order valence-corrected chi connectivity index (χ2v) is 6.95. The molecule has 0 saturated carbocycles. The second kappa shape index (κ2) is 8.45. The molecule has 2 heteroatoms. The molecule has 0 aliphatic carbocycles. The number of hydrogen-bond donors (Lipinski definition) is 2. The van der Waals surface area contributed by atoms with Crippen LogP contribution in [0.4, 0.5) is 22.7 Å². The maximum Gasteiger partial charge on any atom is 0.0385 e. The first-order valence-electron chi connectivity index (χ1n) is 9.62. The summed E-state index contributed by atoms with van der Waals surface area (Å²) in [4.78, 5) is 0. The summed E-state index contributed by atoms with van der Waals surface area (Å²) in [6.45, 7) is 2.25. The third-order valence-electron chi connectivity index (χ3n) is 4.95. The molecule has 1 atom stereocenters. The van der Waals surface area contributed by atoms with Crippen LogP contribution in [-0.4, -0.2) is 0 Å². The minimum absolute atomic E-state index is 0.388. The molecule has 0 heterocycles. The lowest BCUT2D eigenvalue weighted by atomic mass is 9.93. The smallest absolute Gasteiger partial charge is 0.0385 e. The van der Waals surface area contributed by atoms with Crippen molar-refractivity contribution < 1.29 is 0 Å². The van der Waals surface area contributed by atoms with Gasteiger partial charge >= 0.3 is 0 Å². The number of nitrogens with one attached hydrogen (secondary N) is 2. The van der Waals surface area contributed by atoms with E-state index >= 15 is 0 Å². The Morgan fingerprint density at radius 1 is 0.429 bits per heavy atom. The van der Waals surface area contributed by atoms with E-state index in [0.717, 1.165) is 22.7 Å². The summed E-state index contributed by atoms with van der Waals surface area (Å²) >= 11 is 0. The summed E-state index contributed by atoms with van der Waals surface area (Å²) in [5.41, 5.74) is 6.98. The van der Waals surface area contributed by atoms with Gasteiger partial charge in [-0.05, 0) is 59.7 Å². The molecule has 0 aliphatic rings. The van der Waals surface area contributed by atoms with E-state index in [2.05, 4.69) is 109 Å². The average Bonchev–Trinajstić information content (AvgIpc) is 2.76. The zero-order chi connectivity index (χ0) is 19.2. The van der Waals surface area contributed by atoms with E-state index in [1.54, 1.807) is 0 Å². The van der Waals surface area contributed by atoms with Gasteiger partial charge in [-0.25, -0.2) is 0 Å². The van der Waals surface area contributed by atoms with E-state index < -0.39 is 0 Å². The Kier molecular flexibility index (Phi) is 5.39. The molecular formula is C26H24N2. The van der Waals surface area contributed by atoms with Crippen LogP contribution in [0.1, 0.15) is 24.0 Å². The lowest BCUT2D eigenvalue weighted by Gasteiger charge is -2.14. The standard InChI is InChI=1S/C26H24N2/c1-20(21-8-4-2-5-9-21)22-12-14-24(15-13-22)28-26-18-16-25(17-19-26)27-23-10-6-3-7-11-23/h2-20,27-28H,1H3/t20-/m1/s1. The van der Waals surface area contributed by atoms with Crippen molar-refractivity contribution in [3.05, 3.63) is 120 Å². The first-order valence-corrected chi connectivity index (χ1v) is 9.62. The Balaban J connectivity index is 1.40. The van der Waals surface area contributed by atoms with Gasteiger partial charge < -0.3 is 10.6 Å². The molecule has 0 saturated heterocycles. The Hall–Kier alpha value is -3.52. The van der Waals surface area contributed by atoms with E-state index in [9.17, 15) is 0 Å². The highest BCUT2D eigenvalue weighted by molar-refractivity contribution is 5.66. The van der Waals surface area contributed by atoms with E-state index in [-0.39, 0.29) is 0 Å². The van der Waals surface area contributed by atoms with Gasteiger partial charge in [-0.15, -0.1) is 0 Å². The van der Waals surface area contributed by atoms with Crippen molar-refractivity contribution >= 4 is 22.7 Å². The van der Waals surface area contributed by atoms with Gasteiger partial charge in [0.25, 0.3) is 0 Å². The van der Waals surface area contributed by atoms with Crippen LogP contribution in [0, 0.1) is 0 Å². The van der Waals surface area contributed by atoms with Gasteiger partial charge in [-0.1, -0.05) is 67.6 Å². The number of benzene rings is 4. The van der Waals surface area contributed by atoms with E-state index in [0.29, 0.717) is 5.92 Å². The molecule has 0 aliphatic heterocycles. The van der Waals surface area contributed by atoms with Crippen LogP contribution in [0.2, 0.25) is 0 Å². The van der Waals surface area contributed by atoms with Crippen LogP contribution in [0.25, 0.3) is 0 Å². The highest BCUT2D eigenvalue weighted by Gasteiger charge is 2.07. The molecule has 4 aromatic carbocycles. The van der Waals surface area contributed by atoms with Gasteiger partial charge in [0.2, 0.25) is 0 Å². The third-order valence-corrected chi connectivity index (χ3v) is 4.95. The molecule has 2 N–H and O–H groups in total. The minimum atomic E-state index is 0.388. The lowest BCUT2D eigenvalue weighted by Crippen LogP contribution is -1.96. The molecule has 0 bridgehead atoms. The monoisotopic (exact) mass is 364 g/mol. The van der Waals surface area contributed by atoms with Gasteiger partial charge in [-0.2, -0.15) is 0 Å². The summed E-state index contributed by atoms with van der Waals surface area (Å²) in [6.07, 6.45) is 0. The number of anilines is 4. The Labute approximate surface area is 166 Å². The van der Waals surface area contributed by atoms with Gasteiger partial charge in [0.1, 0.15) is 0 Å². The molecule has 0 aromatic heterocycles. The maximum absolute atomic E-state index is 3.47. The Morgan fingerprint density at radius 3 is 1.29 bits per heavy atom. The first-order chi connectivity index (χ1) is 13.8. The van der Waals surface area contributed by atoms with Gasteiger partial charge in [-0.3, -0.25) is 0 Å². The molecule has 4 rings (SSSR count). The van der Waals surface area contributed by atoms with Gasteiger partial charge in [0, 0.05) is 28.7 Å². The SMILES string of the molecule is C[C@H](c1ccccc1)c1ccc(Nc2ccc(Nc3ccccc3)cc2)cc1. The molecule has 4 aromatic rings. The quantitative estimate of drug-likeness (QED) is 0.374. The molecule has 2 nitrogen and oxygen atoms in total. The molecule has 0 unspecified atom stereocenters. The Bertz CT molecular complexity index is 992. The first kappa shape index (κ1) is 17.9. The maximum atomic E-state index is 3.47. The molecule has 0 spiro atoms. The van der Waals surface area contributed by atoms with Crippen molar-refractivity contribution in [1.29, 1.82) is 0 Å². The second-order valence-electron chi connectivity index (χ2n) is 6.95. The summed E-state index contributed by atoms with van der Waals surface area (Å²) in [5, 5.41) is 6.88. The van der Waals surface area contributed by atoms with Crippen LogP contribution >= 0.6 is 0 Å². The highest BCUT2D eigenvalue weighted by Crippen LogP contribution is 2.26. The zero-order valence-corrected chi connectivity index (χ0v) is 16.0. The fourth-order valence-corrected chi connectivity index (χ4v) is 3.28. The van der Waals surface area contributed by atoms with Crippen LogP contribution in [0.15, 0.2) is 109 Å². The van der Waals surface area contributed by atoms with Gasteiger partial charge in [0.15, 0.2) is 0 Å². The average molecular weight is 364 g/mol. The van der Waals surface area contributed by atoms with Crippen molar-refractivity contribution in [2.45, 2.75) is 12.8 Å². The minimum Gasteiger partial charge on any atom is -0.356 e. The van der Waals surface area contributed by atoms with Crippen molar-refractivity contribution in [1.82, 2.24) is 0 Å². The molecule has 0 radical (unpaired) electrons. The fourth-order valence-electron chi connectivity index (χ4n) is 3.28. The lowest BCUT2D eigenvalue weighted by molar-refractivity contribution is 0.923. The number of hydrogen-bond acceptors (Lipinski definition) is 2. The molecule has 0 amide bonds.